The van der Waals surface area contributed by atoms with Crippen LogP contribution in [0.1, 0.15) is 76.2 Å². The third-order valence-corrected chi connectivity index (χ3v) is 6.38. The van der Waals surface area contributed by atoms with Crippen molar-refractivity contribution in [3.63, 3.8) is 0 Å². The van der Waals surface area contributed by atoms with E-state index >= 15 is 0 Å². The molecule has 0 N–H and O–H groups in total. The van der Waals surface area contributed by atoms with Crippen LogP contribution in [0.5, 0.6) is 0 Å². The standard InChI is InChI=1S/C22H29F3/c1-2-3-4-15-5-7-16(8-6-15)17-9-11-18(12-10-17)19-13-20(23)22(25)21(24)14-19/h3-4,13-18H,2,5-12H2,1H3/b4-3+. The predicted molar refractivity (Wildman–Crippen MR) is 95.9 cm³/mol. The Morgan fingerprint density at radius 2 is 1.36 bits per heavy atom. The van der Waals surface area contributed by atoms with E-state index in [0.717, 1.165) is 49.9 Å². The zero-order valence-electron chi connectivity index (χ0n) is 15.1. The minimum atomic E-state index is -1.36. The minimum Gasteiger partial charge on any atom is -0.204 e. The Balaban J connectivity index is 1.52. The van der Waals surface area contributed by atoms with E-state index in [9.17, 15) is 13.2 Å². The maximum Gasteiger partial charge on any atom is 0.194 e. The molecule has 25 heavy (non-hydrogen) atoms. The third kappa shape index (κ3) is 4.48. The lowest BCUT2D eigenvalue weighted by atomic mass is 9.68. The second-order valence-electron chi connectivity index (χ2n) is 7.92. The van der Waals surface area contributed by atoms with E-state index in [4.69, 9.17) is 0 Å². The highest BCUT2D eigenvalue weighted by Crippen LogP contribution is 2.44. The van der Waals surface area contributed by atoms with Crippen LogP contribution < -0.4 is 0 Å². The predicted octanol–water partition coefficient (Wildman–Crippen LogP) is 7.15. The van der Waals surface area contributed by atoms with Gasteiger partial charge in [-0.2, -0.15) is 0 Å². The van der Waals surface area contributed by atoms with Crippen LogP contribution >= 0.6 is 0 Å². The molecule has 3 rings (SSSR count). The lowest BCUT2D eigenvalue weighted by Gasteiger charge is -2.37. The van der Waals surface area contributed by atoms with Crippen LogP contribution in [0.3, 0.4) is 0 Å². The van der Waals surface area contributed by atoms with E-state index in [-0.39, 0.29) is 5.92 Å². The smallest absolute Gasteiger partial charge is 0.194 e. The molecule has 0 atom stereocenters. The molecule has 0 nitrogen and oxygen atoms in total. The molecule has 0 saturated heterocycles. The summed E-state index contributed by atoms with van der Waals surface area (Å²) < 4.78 is 40.1. The summed E-state index contributed by atoms with van der Waals surface area (Å²) in [6.07, 6.45) is 15.2. The summed E-state index contributed by atoms with van der Waals surface area (Å²) in [5.41, 5.74) is 0.628. The van der Waals surface area contributed by atoms with Crippen molar-refractivity contribution < 1.29 is 13.2 Å². The van der Waals surface area contributed by atoms with Gasteiger partial charge in [-0.25, -0.2) is 13.2 Å². The van der Waals surface area contributed by atoms with Crippen molar-refractivity contribution in [2.45, 2.75) is 70.6 Å². The molecule has 0 radical (unpaired) electrons. The largest absolute Gasteiger partial charge is 0.204 e. The number of hydrogen-bond donors (Lipinski definition) is 0. The highest BCUT2D eigenvalue weighted by Gasteiger charge is 2.31. The van der Waals surface area contributed by atoms with Crippen molar-refractivity contribution in [2.75, 3.05) is 0 Å². The molecule has 0 amide bonds. The summed E-state index contributed by atoms with van der Waals surface area (Å²) in [5, 5.41) is 0. The fourth-order valence-electron chi connectivity index (χ4n) is 4.87. The topological polar surface area (TPSA) is 0 Å². The third-order valence-electron chi connectivity index (χ3n) is 6.38. The van der Waals surface area contributed by atoms with Gasteiger partial charge in [0.2, 0.25) is 0 Å². The summed E-state index contributed by atoms with van der Waals surface area (Å²) in [4.78, 5) is 0. The first-order valence-corrected chi connectivity index (χ1v) is 9.89. The van der Waals surface area contributed by atoms with E-state index in [1.165, 1.54) is 37.8 Å². The Bertz CT molecular complexity index is 568. The summed E-state index contributed by atoms with van der Waals surface area (Å²) in [5.74, 6) is -0.976. The van der Waals surface area contributed by atoms with Crippen LogP contribution in [-0.2, 0) is 0 Å². The first-order valence-electron chi connectivity index (χ1n) is 9.89. The van der Waals surface area contributed by atoms with Crippen molar-refractivity contribution >= 4 is 0 Å². The maximum atomic E-state index is 13.5. The molecule has 3 heteroatoms. The van der Waals surface area contributed by atoms with Gasteiger partial charge in [-0.15, -0.1) is 0 Å². The molecular formula is C22H29F3. The quantitative estimate of drug-likeness (QED) is 0.399. The molecule has 2 saturated carbocycles. The minimum absolute atomic E-state index is 0.171. The highest BCUT2D eigenvalue weighted by atomic mass is 19.2. The van der Waals surface area contributed by atoms with E-state index in [1.54, 1.807) is 0 Å². The van der Waals surface area contributed by atoms with Gasteiger partial charge in [-0.05, 0) is 99.2 Å². The van der Waals surface area contributed by atoms with Gasteiger partial charge in [-0.1, -0.05) is 19.1 Å². The fourth-order valence-corrected chi connectivity index (χ4v) is 4.87. The van der Waals surface area contributed by atoms with Crippen LogP contribution in [0, 0.1) is 35.2 Å². The van der Waals surface area contributed by atoms with Gasteiger partial charge in [0, 0.05) is 0 Å². The molecule has 0 unspecified atom stereocenters. The molecule has 2 aliphatic carbocycles. The molecule has 1 aromatic carbocycles. The lowest BCUT2D eigenvalue weighted by molar-refractivity contribution is 0.171. The molecule has 138 valence electrons. The van der Waals surface area contributed by atoms with Gasteiger partial charge < -0.3 is 0 Å². The van der Waals surface area contributed by atoms with Crippen molar-refractivity contribution in [1.29, 1.82) is 0 Å². The average Bonchev–Trinajstić information content (AvgIpc) is 2.64. The molecule has 1 aromatic rings. The molecule has 0 bridgehead atoms. The molecule has 2 aliphatic rings. The van der Waals surface area contributed by atoms with E-state index in [1.807, 2.05) is 0 Å². The summed E-state index contributed by atoms with van der Waals surface area (Å²) in [6.45, 7) is 2.18. The monoisotopic (exact) mass is 350 g/mol. The number of rotatable bonds is 4. The first kappa shape index (κ1) is 18.5. The second kappa shape index (κ2) is 8.42. The summed E-state index contributed by atoms with van der Waals surface area (Å²) in [7, 11) is 0. The maximum absolute atomic E-state index is 13.5. The second-order valence-corrected chi connectivity index (χ2v) is 7.92. The van der Waals surface area contributed by atoms with E-state index < -0.39 is 17.5 Å². The molecular weight excluding hydrogens is 321 g/mol. The van der Waals surface area contributed by atoms with Crippen LogP contribution in [0.4, 0.5) is 13.2 Å². The van der Waals surface area contributed by atoms with Gasteiger partial charge >= 0.3 is 0 Å². The lowest BCUT2D eigenvalue weighted by Crippen LogP contribution is -2.25. The van der Waals surface area contributed by atoms with Gasteiger partial charge in [0.05, 0.1) is 0 Å². The van der Waals surface area contributed by atoms with Crippen LogP contribution in [0.2, 0.25) is 0 Å². The highest BCUT2D eigenvalue weighted by molar-refractivity contribution is 5.23. The van der Waals surface area contributed by atoms with Crippen molar-refractivity contribution in [3.05, 3.63) is 47.3 Å². The van der Waals surface area contributed by atoms with Gasteiger partial charge in [0.15, 0.2) is 17.5 Å². The van der Waals surface area contributed by atoms with E-state index in [0.29, 0.717) is 5.56 Å². The van der Waals surface area contributed by atoms with E-state index in [2.05, 4.69) is 19.1 Å². The molecule has 2 fully saturated rings. The Kier molecular flexibility index (Phi) is 6.24. The Labute approximate surface area is 149 Å². The van der Waals surface area contributed by atoms with Crippen LogP contribution in [0.15, 0.2) is 24.3 Å². The van der Waals surface area contributed by atoms with Gasteiger partial charge in [0.25, 0.3) is 0 Å². The Hall–Kier alpha value is -1.25. The molecule has 0 heterocycles. The number of halogens is 3. The van der Waals surface area contributed by atoms with Gasteiger partial charge in [-0.3, -0.25) is 0 Å². The van der Waals surface area contributed by atoms with Crippen molar-refractivity contribution in [3.8, 4) is 0 Å². The summed E-state index contributed by atoms with van der Waals surface area (Å²) >= 11 is 0. The van der Waals surface area contributed by atoms with Crippen molar-refractivity contribution in [2.24, 2.45) is 17.8 Å². The first-order chi connectivity index (χ1) is 12.1. The molecule has 0 aromatic heterocycles. The van der Waals surface area contributed by atoms with Crippen LogP contribution in [0.25, 0.3) is 0 Å². The zero-order valence-corrected chi connectivity index (χ0v) is 15.1. The number of benzene rings is 1. The Morgan fingerprint density at radius 1 is 0.840 bits per heavy atom. The van der Waals surface area contributed by atoms with Crippen LogP contribution in [-0.4, -0.2) is 0 Å². The average molecular weight is 350 g/mol. The number of hydrogen-bond acceptors (Lipinski definition) is 0. The fraction of sp³-hybridized carbons (Fsp3) is 0.636. The Morgan fingerprint density at radius 3 is 1.88 bits per heavy atom. The molecule has 0 aliphatic heterocycles. The summed E-state index contributed by atoms with van der Waals surface area (Å²) in [6, 6.07) is 2.38. The van der Waals surface area contributed by atoms with Crippen molar-refractivity contribution in [1.82, 2.24) is 0 Å². The number of allylic oxidation sites excluding steroid dienone is 2. The zero-order chi connectivity index (χ0) is 17.8. The van der Waals surface area contributed by atoms with Gasteiger partial charge in [0.1, 0.15) is 0 Å². The molecule has 0 spiro atoms. The SMILES string of the molecule is CC/C=C/C1CCC(C2CCC(c3cc(F)c(F)c(F)c3)CC2)CC1. The normalized spacial score (nSPS) is 30.7.